The number of aliphatic hydroxyl groups is 1. The predicted octanol–water partition coefficient (Wildman–Crippen LogP) is 2.71. The molecule has 3 aliphatic heterocycles. The summed E-state index contributed by atoms with van der Waals surface area (Å²) in [5, 5.41) is 15.4. The molecule has 3 amide bonds. The Morgan fingerprint density at radius 2 is 1.94 bits per heavy atom. The fraction of sp³-hybridized carbons (Fsp3) is 0.667. The van der Waals surface area contributed by atoms with Crippen molar-refractivity contribution in [1.82, 2.24) is 10.2 Å². The van der Waals surface area contributed by atoms with E-state index in [1.54, 1.807) is 4.90 Å². The zero-order valence-electron chi connectivity index (χ0n) is 21.3. The van der Waals surface area contributed by atoms with Crippen LogP contribution in [0, 0.1) is 17.8 Å². The van der Waals surface area contributed by atoms with Gasteiger partial charge in [0.2, 0.25) is 17.7 Å². The molecule has 35 heavy (non-hydrogen) atoms. The van der Waals surface area contributed by atoms with Gasteiger partial charge < -0.3 is 25.4 Å². The Hall–Kier alpha value is -2.45. The van der Waals surface area contributed by atoms with Crippen LogP contribution in [0.1, 0.15) is 59.8 Å². The van der Waals surface area contributed by atoms with Crippen molar-refractivity contribution in [2.75, 3.05) is 18.5 Å². The van der Waals surface area contributed by atoms with Gasteiger partial charge in [0.1, 0.15) is 11.6 Å². The van der Waals surface area contributed by atoms with Crippen molar-refractivity contribution < 1.29 is 24.2 Å². The van der Waals surface area contributed by atoms with Gasteiger partial charge >= 0.3 is 0 Å². The molecule has 0 aliphatic carbocycles. The van der Waals surface area contributed by atoms with E-state index >= 15 is 0 Å². The number of carbonyl (C=O) groups excluding carboxylic acids is 3. The van der Waals surface area contributed by atoms with E-state index in [0.717, 1.165) is 12.8 Å². The number of likely N-dealkylation sites (tertiary alicyclic amines) is 1. The number of anilines is 1. The van der Waals surface area contributed by atoms with Crippen LogP contribution < -0.4 is 10.6 Å². The summed E-state index contributed by atoms with van der Waals surface area (Å²) in [6, 6.07) is 8.38. The number of benzene rings is 1. The van der Waals surface area contributed by atoms with Crippen LogP contribution in [-0.4, -0.2) is 64.2 Å². The molecule has 8 heteroatoms. The lowest BCUT2D eigenvalue weighted by Crippen LogP contribution is -2.57. The summed E-state index contributed by atoms with van der Waals surface area (Å²) in [7, 11) is 0. The minimum absolute atomic E-state index is 0.00108. The van der Waals surface area contributed by atoms with E-state index in [9.17, 15) is 19.5 Å². The largest absolute Gasteiger partial charge is 0.396 e. The molecule has 0 aromatic heterocycles. The lowest BCUT2D eigenvalue weighted by molar-refractivity contribution is -0.146. The van der Waals surface area contributed by atoms with E-state index in [1.165, 1.54) is 0 Å². The number of aliphatic hydroxyl groups excluding tert-OH is 1. The van der Waals surface area contributed by atoms with Gasteiger partial charge in [0.05, 0.1) is 17.4 Å². The van der Waals surface area contributed by atoms with Gasteiger partial charge in [-0.3, -0.25) is 14.4 Å². The first kappa shape index (κ1) is 25.6. The van der Waals surface area contributed by atoms with Crippen molar-refractivity contribution >= 4 is 23.4 Å². The molecule has 0 radical (unpaired) electrons. The SMILES string of the molecule is CCCC(C)NC(=O)C1N(CCCCO)C(=O)[C@@H]2[C@@H](C(=O)Nc3ccccc3)[C@]3(C)OC12CC3C. The zero-order valence-corrected chi connectivity index (χ0v) is 21.3. The Morgan fingerprint density at radius 1 is 1.23 bits per heavy atom. The summed E-state index contributed by atoms with van der Waals surface area (Å²) < 4.78 is 6.70. The van der Waals surface area contributed by atoms with Crippen molar-refractivity contribution in [3.8, 4) is 0 Å². The average Bonchev–Trinajstić information content (AvgIpc) is 3.31. The number of nitrogens with one attached hydrogen (secondary N) is 2. The zero-order chi connectivity index (χ0) is 25.4. The van der Waals surface area contributed by atoms with E-state index in [-0.39, 0.29) is 36.3 Å². The number of nitrogens with zero attached hydrogens (tertiary/aromatic N) is 1. The smallest absolute Gasteiger partial charge is 0.246 e. The molecule has 1 aromatic rings. The number of carbonyl (C=O) groups is 3. The Morgan fingerprint density at radius 3 is 2.60 bits per heavy atom. The standard InChI is InChI=1S/C27H39N3O5/c1-5-11-18(3)28-24(33)22-27-16-17(2)26(4,35-27)20(23(32)29-19-12-7-6-8-13-19)21(27)25(34)30(22)14-9-10-15-31/h6-8,12-13,17-18,20-22,31H,5,9-11,14-16H2,1-4H3,(H,28,33)(H,29,32)/t17?,18?,20-,21-,22?,26+,27?/m0/s1. The first-order valence-corrected chi connectivity index (χ1v) is 13.0. The van der Waals surface area contributed by atoms with Gasteiger partial charge in [-0.2, -0.15) is 0 Å². The van der Waals surface area contributed by atoms with E-state index in [2.05, 4.69) is 17.6 Å². The molecule has 3 heterocycles. The number of amides is 3. The molecular weight excluding hydrogens is 446 g/mol. The Labute approximate surface area is 207 Å². The summed E-state index contributed by atoms with van der Waals surface area (Å²) in [6.07, 6.45) is 3.44. The van der Waals surface area contributed by atoms with Gasteiger partial charge in [-0.15, -0.1) is 0 Å². The monoisotopic (exact) mass is 485 g/mol. The van der Waals surface area contributed by atoms with Gasteiger partial charge in [0.25, 0.3) is 0 Å². The highest BCUT2D eigenvalue weighted by Gasteiger charge is 2.79. The van der Waals surface area contributed by atoms with Crippen molar-refractivity contribution in [1.29, 1.82) is 0 Å². The molecule has 3 aliphatic rings. The quantitative estimate of drug-likeness (QED) is 0.442. The number of hydrogen-bond acceptors (Lipinski definition) is 5. The van der Waals surface area contributed by atoms with Gasteiger partial charge in [0.15, 0.2) is 0 Å². The van der Waals surface area contributed by atoms with Crippen LogP contribution in [0.3, 0.4) is 0 Å². The molecule has 8 nitrogen and oxygen atoms in total. The second-order valence-electron chi connectivity index (χ2n) is 10.7. The van der Waals surface area contributed by atoms with Gasteiger partial charge in [-0.05, 0) is 57.6 Å². The second kappa shape index (κ2) is 9.90. The molecule has 3 fully saturated rings. The first-order valence-electron chi connectivity index (χ1n) is 13.0. The van der Waals surface area contributed by atoms with Crippen LogP contribution in [0.25, 0.3) is 0 Å². The summed E-state index contributed by atoms with van der Waals surface area (Å²) in [4.78, 5) is 42.9. The maximum atomic E-state index is 13.9. The fourth-order valence-electron chi connectivity index (χ4n) is 6.64. The molecule has 3 N–H and O–H groups in total. The van der Waals surface area contributed by atoms with Crippen molar-refractivity contribution in [3.63, 3.8) is 0 Å². The highest BCUT2D eigenvalue weighted by molar-refractivity contribution is 6.02. The third-order valence-electron chi connectivity index (χ3n) is 8.30. The molecule has 1 aromatic carbocycles. The third kappa shape index (κ3) is 4.25. The topological polar surface area (TPSA) is 108 Å². The molecule has 4 unspecified atom stereocenters. The van der Waals surface area contributed by atoms with Crippen LogP contribution in [0.2, 0.25) is 0 Å². The number of unbranched alkanes of at least 4 members (excludes halogenated alkanes) is 1. The van der Waals surface area contributed by atoms with Crippen LogP contribution in [0.5, 0.6) is 0 Å². The number of para-hydroxylation sites is 1. The highest BCUT2D eigenvalue weighted by Crippen LogP contribution is 2.65. The van der Waals surface area contributed by atoms with Crippen molar-refractivity contribution in [3.05, 3.63) is 30.3 Å². The van der Waals surface area contributed by atoms with Gasteiger partial charge in [-0.1, -0.05) is 38.5 Å². The number of ether oxygens (including phenoxy) is 1. The summed E-state index contributed by atoms with van der Waals surface area (Å²) in [5.74, 6) is -2.09. The molecule has 3 saturated heterocycles. The summed E-state index contributed by atoms with van der Waals surface area (Å²) in [5.41, 5.74) is -1.22. The first-order chi connectivity index (χ1) is 16.7. The van der Waals surface area contributed by atoms with Crippen LogP contribution in [0.15, 0.2) is 30.3 Å². The Kier molecular flexibility index (Phi) is 7.25. The fourth-order valence-corrected chi connectivity index (χ4v) is 6.64. The molecule has 7 atom stereocenters. The van der Waals surface area contributed by atoms with Crippen LogP contribution in [0.4, 0.5) is 5.69 Å². The maximum Gasteiger partial charge on any atom is 0.246 e. The molecule has 1 spiro atoms. The van der Waals surface area contributed by atoms with Crippen molar-refractivity contribution in [2.45, 2.75) is 83.1 Å². The number of fused-ring (bicyclic) bond motifs is 1. The molecular formula is C27H39N3O5. The highest BCUT2D eigenvalue weighted by atomic mass is 16.5. The second-order valence-corrected chi connectivity index (χ2v) is 10.7. The predicted molar refractivity (Wildman–Crippen MR) is 132 cm³/mol. The van der Waals surface area contributed by atoms with Gasteiger partial charge in [-0.25, -0.2) is 0 Å². The third-order valence-corrected chi connectivity index (χ3v) is 8.30. The van der Waals surface area contributed by atoms with E-state index in [0.29, 0.717) is 31.5 Å². The van der Waals surface area contributed by atoms with E-state index < -0.39 is 29.1 Å². The van der Waals surface area contributed by atoms with Crippen LogP contribution in [-0.2, 0) is 19.1 Å². The average molecular weight is 486 g/mol. The van der Waals surface area contributed by atoms with E-state index in [4.69, 9.17) is 4.74 Å². The number of rotatable bonds is 10. The lowest BCUT2D eigenvalue weighted by Gasteiger charge is -2.36. The molecule has 2 bridgehead atoms. The van der Waals surface area contributed by atoms with Crippen LogP contribution >= 0.6 is 0 Å². The Bertz CT molecular complexity index is 955. The Balaban J connectivity index is 1.70. The lowest BCUT2D eigenvalue weighted by atomic mass is 9.62. The summed E-state index contributed by atoms with van der Waals surface area (Å²) in [6.45, 7) is 8.36. The number of hydrogen-bond donors (Lipinski definition) is 3. The van der Waals surface area contributed by atoms with Gasteiger partial charge in [0, 0.05) is 24.9 Å². The van der Waals surface area contributed by atoms with Crippen molar-refractivity contribution in [2.24, 2.45) is 17.8 Å². The van der Waals surface area contributed by atoms with E-state index in [1.807, 2.05) is 51.1 Å². The normalized spacial score (nSPS) is 34.1. The molecule has 0 saturated carbocycles. The maximum absolute atomic E-state index is 13.9. The summed E-state index contributed by atoms with van der Waals surface area (Å²) >= 11 is 0. The molecule has 4 rings (SSSR count). The minimum atomic E-state index is -1.04. The minimum Gasteiger partial charge on any atom is -0.396 e. The molecule has 192 valence electrons.